The molecule has 0 saturated heterocycles. The molecule has 2 heteroatoms. The maximum Gasteiger partial charge on any atom is 0.135 e. The van der Waals surface area contributed by atoms with Gasteiger partial charge in [0, 0.05) is 0 Å². The van der Waals surface area contributed by atoms with Gasteiger partial charge in [0.05, 0.1) is 0 Å². The third kappa shape index (κ3) is 3.89. The molecule has 172 valence electrons. The summed E-state index contributed by atoms with van der Waals surface area (Å²) in [6.45, 7) is 4.70. The lowest BCUT2D eigenvalue weighted by atomic mass is 9.50. The van der Waals surface area contributed by atoms with Crippen LogP contribution in [-0.4, -0.2) is 12.3 Å². The summed E-state index contributed by atoms with van der Waals surface area (Å²) in [5.41, 5.74) is 0. The van der Waals surface area contributed by atoms with E-state index in [2.05, 4.69) is 13.8 Å². The zero-order valence-electron chi connectivity index (χ0n) is 19.6. The molecule has 0 bridgehead atoms. The van der Waals surface area contributed by atoms with Crippen LogP contribution in [0.1, 0.15) is 104 Å². The van der Waals surface area contributed by atoms with Gasteiger partial charge in [0.1, 0.15) is 12.3 Å². The molecular formula is C28H46F2. The highest BCUT2D eigenvalue weighted by Gasteiger charge is 2.55. The Hall–Kier alpha value is -0.140. The van der Waals surface area contributed by atoms with Crippen LogP contribution in [0, 0.1) is 59.2 Å². The van der Waals surface area contributed by atoms with Gasteiger partial charge >= 0.3 is 0 Å². The third-order valence-electron chi connectivity index (χ3n) is 11.3. The molecule has 30 heavy (non-hydrogen) atoms. The molecule has 0 N–H and O–H groups in total. The molecule has 0 nitrogen and oxygen atoms in total. The highest BCUT2D eigenvalue weighted by Crippen LogP contribution is 2.58. The van der Waals surface area contributed by atoms with E-state index >= 15 is 8.78 Å². The Morgan fingerprint density at radius 1 is 0.500 bits per heavy atom. The number of rotatable bonds is 2. The second kappa shape index (κ2) is 9.01. The van der Waals surface area contributed by atoms with Crippen LogP contribution in [0.25, 0.3) is 0 Å². The highest BCUT2D eigenvalue weighted by atomic mass is 19.2. The molecule has 9 atom stereocenters. The van der Waals surface area contributed by atoms with Crippen molar-refractivity contribution in [3.05, 3.63) is 0 Å². The summed E-state index contributed by atoms with van der Waals surface area (Å²) in [5.74, 6) is 5.16. The lowest BCUT2D eigenvalue weighted by Gasteiger charge is -2.56. The molecule has 5 aliphatic rings. The largest absolute Gasteiger partial charge is 0.244 e. The van der Waals surface area contributed by atoms with E-state index in [1.165, 1.54) is 83.5 Å². The minimum absolute atomic E-state index is 0.0152. The Bertz CT molecular complexity index is 557. The van der Waals surface area contributed by atoms with Crippen molar-refractivity contribution in [3.8, 4) is 0 Å². The smallest absolute Gasteiger partial charge is 0.135 e. The zero-order valence-corrected chi connectivity index (χ0v) is 19.6. The first-order chi connectivity index (χ1) is 14.5. The maximum absolute atomic E-state index is 15.8. The number of hydrogen-bond acceptors (Lipinski definition) is 0. The first-order valence-corrected chi connectivity index (χ1v) is 13.8. The van der Waals surface area contributed by atoms with Gasteiger partial charge in [-0.1, -0.05) is 52.4 Å². The molecule has 5 fully saturated rings. The molecule has 0 spiro atoms. The van der Waals surface area contributed by atoms with Crippen LogP contribution in [0.3, 0.4) is 0 Å². The molecule has 5 saturated carbocycles. The second-order valence-electron chi connectivity index (χ2n) is 12.5. The summed E-state index contributed by atoms with van der Waals surface area (Å²) < 4.78 is 31.4. The molecule has 0 radical (unpaired) electrons. The Kier molecular flexibility index (Phi) is 6.52. The van der Waals surface area contributed by atoms with E-state index in [0.717, 1.165) is 18.3 Å². The minimum atomic E-state index is -1.19. The lowest BCUT2D eigenvalue weighted by Crippen LogP contribution is -2.54. The standard InChI is InChI=1S/C28H46F2/c1-17-8-9-22-14-15-23-16-24(27(29)28(30)26(23)25(22)18(17)2)21-12-10-20(11-13-21)19-6-4-3-5-7-19/h17-28H,3-16H2,1-2H3. The first-order valence-electron chi connectivity index (χ1n) is 13.8. The Labute approximate surface area is 184 Å². The average molecular weight is 421 g/mol. The van der Waals surface area contributed by atoms with Crippen LogP contribution in [0.4, 0.5) is 8.78 Å². The zero-order chi connectivity index (χ0) is 20.8. The van der Waals surface area contributed by atoms with Crippen LogP contribution in [0.5, 0.6) is 0 Å². The SMILES string of the molecule is CC1CCC2CCC3CC(C4CCC(C5CCCCC5)CC4)C(F)C(F)C3C2C1C. The normalized spacial score (nSPS) is 53.0. The molecule has 5 aliphatic carbocycles. The highest BCUT2D eigenvalue weighted by molar-refractivity contribution is 5.04. The average Bonchev–Trinajstić information content (AvgIpc) is 2.79. The Morgan fingerprint density at radius 3 is 1.80 bits per heavy atom. The summed E-state index contributed by atoms with van der Waals surface area (Å²) in [6.07, 6.45) is 15.7. The van der Waals surface area contributed by atoms with E-state index in [9.17, 15) is 0 Å². The molecule has 5 rings (SSSR count). The van der Waals surface area contributed by atoms with Gasteiger partial charge in [-0.05, 0) is 111 Å². The van der Waals surface area contributed by atoms with Crippen LogP contribution in [-0.2, 0) is 0 Å². The van der Waals surface area contributed by atoms with Crippen LogP contribution < -0.4 is 0 Å². The van der Waals surface area contributed by atoms with Gasteiger partial charge in [0.15, 0.2) is 0 Å². The molecule has 9 unspecified atom stereocenters. The monoisotopic (exact) mass is 420 g/mol. The maximum atomic E-state index is 15.8. The summed E-state index contributed by atoms with van der Waals surface area (Å²) in [4.78, 5) is 0. The van der Waals surface area contributed by atoms with Crippen molar-refractivity contribution in [2.24, 2.45) is 59.2 Å². The number of fused-ring (bicyclic) bond motifs is 3. The van der Waals surface area contributed by atoms with Gasteiger partial charge in [-0.2, -0.15) is 0 Å². The van der Waals surface area contributed by atoms with Gasteiger partial charge in [-0.15, -0.1) is 0 Å². The molecule has 0 aromatic heterocycles. The van der Waals surface area contributed by atoms with Crippen molar-refractivity contribution in [2.45, 2.75) is 116 Å². The van der Waals surface area contributed by atoms with Crippen LogP contribution >= 0.6 is 0 Å². The van der Waals surface area contributed by atoms with Crippen molar-refractivity contribution >= 4 is 0 Å². The number of halogens is 2. The molecule has 0 aliphatic heterocycles. The van der Waals surface area contributed by atoms with Crippen LogP contribution in [0.15, 0.2) is 0 Å². The van der Waals surface area contributed by atoms with Crippen molar-refractivity contribution in [1.82, 2.24) is 0 Å². The van der Waals surface area contributed by atoms with E-state index in [-0.39, 0.29) is 11.8 Å². The minimum Gasteiger partial charge on any atom is -0.244 e. The predicted molar refractivity (Wildman–Crippen MR) is 121 cm³/mol. The van der Waals surface area contributed by atoms with Crippen molar-refractivity contribution in [2.75, 3.05) is 0 Å². The van der Waals surface area contributed by atoms with Crippen molar-refractivity contribution in [1.29, 1.82) is 0 Å². The topological polar surface area (TPSA) is 0 Å². The van der Waals surface area contributed by atoms with E-state index < -0.39 is 12.3 Å². The number of alkyl halides is 2. The van der Waals surface area contributed by atoms with Gasteiger partial charge in [0.25, 0.3) is 0 Å². The van der Waals surface area contributed by atoms with E-state index in [1.54, 1.807) is 0 Å². The van der Waals surface area contributed by atoms with E-state index in [1.807, 2.05) is 0 Å². The van der Waals surface area contributed by atoms with Gasteiger partial charge in [-0.25, -0.2) is 8.78 Å². The Morgan fingerprint density at radius 2 is 1.07 bits per heavy atom. The van der Waals surface area contributed by atoms with E-state index in [4.69, 9.17) is 0 Å². The molecule has 0 aromatic rings. The third-order valence-corrected chi connectivity index (χ3v) is 11.3. The van der Waals surface area contributed by atoms with E-state index in [0.29, 0.717) is 35.5 Å². The lowest BCUT2D eigenvalue weighted by molar-refractivity contribution is -0.118. The molecule has 0 amide bonds. The molecular weight excluding hydrogens is 374 g/mol. The summed E-state index contributed by atoms with van der Waals surface area (Å²) in [5, 5.41) is 0. The summed E-state index contributed by atoms with van der Waals surface area (Å²) in [6, 6.07) is 0. The fourth-order valence-corrected chi connectivity index (χ4v) is 9.46. The van der Waals surface area contributed by atoms with Gasteiger partial charge in [0.2, 0.25) is 0 Å². The van der Waals surface area contributed by atoms with Gasteiger partial charge < -0.3 is 0 Å². The fourth-order valence-electron chi connectivity index (χ4n) is 9.46. The Balaban J connectivity index is 1.24. The fraction of sp³-hybridized carbons (Fsp3) is 1.00. The van der Waals surface area contributed by atoms with Crippen molar-refractivity contribution < 1.29 is 8.78 Å². The second-order valence-corrected chi connectivity index (χ2v) is 12.5. The predicted octanol–water partition coefficient (Wildman–Crippen LogP) is 8.39. The first kappa shape index (κ1) is 21.7. The quantitative estimate of drug-likeness (QED) is 0.421. The van der Waals surface area contributed by atoms with Crippen LogP contribution in [0.2, 0.25) is 0 Å². The summed E-state index contributed by atoms with van der Waals surface area (Å²) >= 11 is 0. The number of hydrogen-bond donors (Lipinski definition) is 0. The molecule has 0 heterocycles. The van der Waals surface area contributed by atoms with Gasteiger partial charge in [-0.3, -0.25) is 0 Å². The van der Waals surface area contributed by atoms with Crippen molar-refractivity contribution in [3.63, 3.8) is 0 Å². The molecule has 0 aromatic carbocycles. The summed E-state index contributed by atoms with van der Waals surface area (Å²) in [7, 11) is 0.